The average molecular weight is 443 g/mol. The SMILES string of the molecule is CO[C@H]1CC[C@@H](C)N2C[C@H]1n1cc(C(=O)NCc3ccc(C)cc3F)c(=O)c(O)c1C2=O. The third-order valence-electron chi connectivity index (χ3n) is 6.44. The molecule has 9 heteroatoms. The predicted molar refractivity (Wildman–Crippen MR) is 114 cm³/mol. The number of nitrogens with one attached hydrogen (secondary N) is 1. The van der Waals surface area contributed by atoms with E-state index in [0.717, 1.165) is 12.0 Å². The largest absolute Gasteiger partial charge is 0.503 e. The van der Waals surface area contributed by atoms with Crippen molar-refractivity contribution in [3.63, 3.8) is 0 Å². The van der Waals surface area contributed by atoms with E-state index >= 15 is 0 Å². The summed E-state index contributed by atoms with van der Waals surface area (Å²) < 4.78 is 21.2. The summed E-state index contributed by atoms with van der Waals surface area (Å²) in [5.74, 6) is -2.43. The molecule has 0 radical (unpaired) electrons. The molecule has 0 spiro atoms. The Morgan fingerprint density at radius 3 is 2.75 bits per heavy atom. The number of aromatic nitrogens is 1. The Morgan fingerprint density at radius 2 is 2.06 bits per heavy atom. The fourth-order valence-electron chi connectivity index (χ4n) is 4.53. The van der Waals surface area contributed by atoms with E-state index in [4.69, 9.17) is 4.74 Å². The smallest absolute Gasteiger partial charge is 0.274 e. The molecule has 2 N–H and O–H groups in total. The molecule has 170 valence electrons. The maximum Gasteiger partial charge on any atom is 0.274 e. The quantitative estimate of drug-likeness (QED) is 0.754. The van der Waals surface area contributed by atoms with Crippen molar-refractivity contribution in [1.29, 1.82) is 0 Å². The molecule has 1 fully saturated rings. The number of carbonyl (C=O) groups is 2. The Morgan fingerprint density at radius 1 is 1.31 bits per heavy atom. The first-order chi connectivity index (χ1) is 15.2. The van der Waals surface area contributed by atoms with Gasteiger partial charge in [-0.15, -0.1) is 0 Å². The number of aromatic hydroxyl groups is 1. The minimum atomic E-state index is -0.937. The number of hydrogen-bond acceptors (Lipinski definition) is 5. The molecule has 4 rings (SSSR count). The number of aryl methyl sites for hydroxylation is 1. The molecule has 0 unspecified atom stereocenters. The van der Waals surface area contributed by atoms with Crippen molar-refractivity contribution >= 4 is 11.8 Å². The van der Waals surface area contributed by atoms with Gasteiger partial charge in [-0.25, -0.2) is 4.39 Å². The van der Waals surface area contributed by atoms with Crippen molar-refractivity contribution in [3.05, 3.63) is 62.8 Å². The lowest BCUT2D eigenvalue weighted by atomic mass is 10.0. The van der Waals surface area contributed by atoms with Crippen molar-refractivity contribution in [2.75, 3.05) is 13.7 Å². The van der Waals surface area contributed by atoms with Crippen LogP contribution in [0.15, 0.2) is 29.2 Å². The first-order valence-corrected chi connectivity index (χ1v) is 10.6. The highest BCUT2D eigenvalue weighted by molar-refractivity contribution is 5.99. The fraction of sp³-hybridized carbons (Fsp3) is 0.435. The molecular formula is C23H26FN3O5. The van der Waals surface area contributed by atoms with Crippen LogP contribution in [0.2, 0.25) is 0 Å². The molecule has 2 aliphatic heterocycles. The number of hydrogen-bond donors (Lipinski definition) is 2. The predicted octanol–water partition coefficient (Wildman–Crippen LogP) is 2.13. The summed E-state index contributed by atoms with van der Waals surface area (Å²) in [6.45, 7) is 3.90. The molecule has 0 aliphatic carbocycles. The van der Waals surface area contributed by atoms with E-state index in [0.29, 0.717) is 13.0 Å². The summed E-state index contributed by atoms with van der Waals surface area (Å²) in [7, 11) is 1.58. The van der Waals surface area contributed by atoms with Crippen LogP contribution in [0.25, 0.3) is 0 Å². The summed E-state index contributed by atoms with van der Waals surface area (Å²) in [5.41, 5.74) is -0.364. The first-order valence-electron chi connectivity index (χ1n) is 10.6. The van der Waals surface area contributed by atoms with Gasteiger partial charge in [0.25, 0.3) is 11.8 Å². The van der Waals surface area contributed by atoms with E-state index in [2.05, 4.69) is 5.32 Å². The van der Waals surface area contributed by atoms with Gasteiger partial charge in [-0.2, -0.15) is 0 Å². The molecular weight excluding hydrogens is 417 g/mol. The molecule has 2 aromatic rings. The molecule has 32 heavy (non-hydrogen) atoms. The van der Waals surface area contributed by atoms with Crippen molar-refractivity contribution in [2.24, 2.45) is 0 Å². The highest BCUT2D eigenvalue weighted by Gasteiger charge is 2.42. The normalized spacial score (nSPS) is 22.3. The number of benzene rings is 1. The van der Waals surface area contributed by atoms with E-state index in [-0.39, 0.29) is 41.6 Å². The molecule has 1 saturated heterocycles. The second kappa shape index (κ2) is 8.38. The zero-order valence-corrected chi connectivity index (χ0v) is 18.2. The fourth-order valence-corrected chi connectivity index (χ4v) is 4.53. The number of amides is 2. The second-order valence-electron chi connectivity index (χ2n) is 8.48. The van der Waals surface area contributed by atoms with Crippen molar-refractivity contribution in [1.82, 2.24) is 14.8 Å². The summed E-state index contributed by atoms with van der Waals surface area (Å²) >= 11 is 0. The minimum Gasteiger partial charge on any atom is -0.503 e. The monoisotopic (exact) mass is 443 g/mol. The van der Waals surface area contributed by atoms with Crippen LogP contribution >= 0.6 is 0 Å². The minimum absolute atomic E-state index is 0.0687. The van der Waals surface area contributed by atoms with Crippen LogP contribution < -0.4 is 10.7 Å². The van der Waals surface area contributed by atoms with Crippen LogP contribution in [0.4, 0.5) is 4.39 Å². The van der Waals surface area contributed by atoms with Gasteiger partial charge in [0.05, 0.1) is 12.1 Å². The summed E-state index contributed by atoms with van der Waals surface area (Å²) in [6, 6.07) is 4.22. The maximum absolute atomic E-state index is 14.1. The Labute approximate surface area is 184 Å². The summed E-state index contributed by atoms with van der Waals surface area (Å²) in [6.07, 6.45) is 2.46. The van der Waals surface area contributed by atoms with Crippen LogP contribution in [-0.2, 0) is 11.3 Å². The zero-order valence-electron chi connectivity index (χ0n) is 18.2. The molecule has 2 aliphatic rings. The summed E-state index contributed by atoms with van der Waals surface area (Å²) in [4.78, 5) is 40.3. The number of nitrogens with zero attached hydrogens (tertiary/aromatic N) is 2. The molecule has 2 bridgehead atoms. The highest BCUT2D eigenvalue weighted by Crippen LogP contribution is 2.35. The van der Waals surface area contributed by atoms with E-state index in [1.165, 1.54) is 16.8 Å². The number of methoxy groups -OCH3 is 1. The van der Waals surface area contributed by atoms with Crippen molar-refractivity contribution < 1.29 is 23.8 Å². The number of fused-ring (bicyclic) bond motifs is 4. The Bertz CT molecular complexity index is 1150. The van der Waals surface area contributed by atoms with Gasteiger partial charge in [0.1, 0.15) is 11.4 Å². The molecule has 1 aromatic carbocycles. The number of ether oxygens (including phenoxy) is 1. The van der Waals surface area contributed by atoms with E-state index in [9.17, 15) is 23.9 Å². The van der Waals surface area contributed by atoms with Crippen LogP contribution in [0, 0.1) is 12.7 Å². The van der Waals surface area contributed by atoms with Gasteiger partial charge in [-0.05, 0) is 38.3 Å². The van der Waals surface area contributed by atoms with Gasteiger partial charge in [-0.1, -0.05) is 12.1 Å². The molecule has 1 aromatic heterocycles. The topological polar surface area (TPSA) is 101 Å². The average Bonchev–Trinajstić information content (AvgIpc) is 2.90. The van der Waals surface area contributed by atoms with Gasteiger partial charge >= 0.3 is 0 Å². The standard InChI is InChI=1S/C23H26FN3O5/c1-12-4-6-14(16(24)8-12)9-25-22(30)15-10-27-17-11-26(13(2)5-7-18(17)32-3)23(31)19(27)21(29)20(15)28/h4,6,8,10,13,17-18,29H,5,7,9,11H2,1-3H3,(H,25,30)/t13-,17-,18+/m1/s1. The first kappa shape index (κ1) is 22.0. The third kappa shape index (κ3) is 3.66. The number of halogens is 1. The maximum atomic E-state index is 14.1. The molecule has 8 nitrogen and oxygen atoms in total. The molecule has 2 amide bonds. The lowest BCUT2D eigenvalue weighted by molar-refractivity contribution is 0.0330. The van der Waals surface area contributed by atoms with Gasteiger partial charge in [0, 0.05) is 38.0 Å². The second-order valence-corrected chi connectivity index (χ2v) is 8.48. The Hall–Kier alpha value is -3.20. The Balaban J connectivity index is 1.71. The Kier molecular flexibility index (Phi) is 5.77. The van der Waals surface area contributed by atoms with E-state index < -0.39 is 28.8 Å². The van der Waals surface area contributed by atoms with E-state index in [1.54, 1.807) is 31.1 Å². The number of pyridine rings is 1. The molecule has 3 heterocycles. The van der Waals surface area contributed by atoms with Gasteiger partial charge in [0.15, 0.2) is 11.4 Å². The third-order valence-corrected chi connectivity index (χ3v) is 6.44. The zero-order chi connectivity index (χ0) is 23.2. The number of carbonyl (C=O) groups excluding carboxylic acids is 2. The van der Waals surface area contributed by atoms with Crippen LogP contribution in [-0.4, -0.2) is 52.2 Å². The van der Waals surface area contributed by atoms with Gasteiger partial charge in [0.2, 0.25) is 5.43 Å². The van der Waals surface area contributed by atoms with Gasteiger partial charge in [-0.3, -0.25) is 14.4 Å². The van der Waals surface area contributed by atoms with Gasteiger partial charge < -0.3 is 24.6 Å². The lowest BCUT2D eigenvalue weighted by Gasteiger charge is -2.38. The van der Waals surface area contributed by atoms with Crippen LogP contribution in [0.3, 0.4) is 0 Å². The molecule has 0 saturated carbocycles. The van der Waals surface area contributed by atoms with Crippen LogP contribution in [0.1, 0.15) is 57.8 Å². The number of rotatable bonds is 4. The summed E-state index contributed by atoms with van der Waals surface area (Å²) in [5, 5.41) is 13.2. The van der Waals surface area contributed by atoms with Crippen molar-refractivity contribution in [2.45, 2.75) is 51.4 Å². The van der Waals surface area contributed by atoms with E-state index in [1.807, 2.05) is 6.92 Å². The lowest BCUT2D eigenvalue weighted by Crippen LogP contribution is -2.49. The van der Waals surface area contributed by atoms with Crippen LogP contribution in [0.5, 0.6) is 5.75 Å². The molecule has 3 atom stereocenters. The van der Waals surface area contributed by atoms with Crippen molar-refractivity contribution in [3.8, 4) is 5.75 Å². The highest BCUT2D eigenvalue weighted by atomic mass is 19.1.